The number of ether oxygens (including phenoxy) is 1. The van der Waals surface area contributed by atoms with E-state index >= 15 is 0 Å². The van der Waals surface area contributed by atoms with E-state index in [2.05, 4.69) is 4.98 Å². The number of hydrogen-bond acceptors (Lipinski definition) is 3. The third-order valence-corrected chi connectivity index (χ3v) is 3.77. The fraction of sp³-hybridized carbons (Fsp3) is 0.100. The van der Waals surface area contributed by atoms with Crippen LogP contribution in [0.1, 0.15) is 22.8 Å². The Bertz CT molecular complexity index is 1010. The molecule has 0 aliphatic carbocycles. The number of carbonyl (C=O) groups excluding carboxylic acids is 1. The van der Waals surface area contributed by atoms with E-state index in [-0.39, 0.29) is 5.57 Å². The number of halogens is 1. The number of nitrogens with zero attached hydrogens (tertiary/aromatic N) is 1. The van der Waals surface area contributed by atoms with Gasteiger partial charge >= 0.3 is 0 Å². The molecule has 2 aromatic carbocycles. The van der Waals surface area contributed by atoms with Crippen LogP contribution in [0.25, 0.3) is 17.0 Å². The summed E-state index contributed by atoms with van der Waals surface area (Å²) in [7, 11) is 0. The minimum Gasteiger partial charge on any atom is -0.493 e. The maximum absolute atomic E-state index is 13.3. The summed E-state index contributed by atoms with van der Waals surface area (Å²) in [5.74, 6) is -0.215. The summed E-state index contributed by atoms with van der Waals surface area (Å²) in [6.07, 6.45) is 3.00. The average molecular weight is 334 g/mol. The number of H-pyrrole nitrogens is 1. The Morgan fingerprint density at radius 2 is 2.12 bits per heavy atom. The van der Waals surface area contributed by atoms with Crippen molar-refractivity contribution < 1.29 is 13.9 Å². The van der Waals surface area contributed by atoms with Crippen LogP contribution >= 0.6 is 0 Å². The van der Waals surface area contributed by atoms with Crippen molar-refractivity contribution in [1.29, 1.82) is 5.26 Å². The van der Waals surface area contributed by atoms with Crippen LogP contribution in [-0.4, -0.2) is 17.4 Å². The number of hydrogen-bond donors (Lipinski definition) is 1. The number of benzene rings is 2. The summed E-state index contributed by atoms with van der Waals surface area (Å²) in [6.45, 7) is 2.34. The Morgan fingerprint density at radius 1 is 1.32 bits per heavy atom. The van der Waals surface area contributed by atoms with E-state index in [4.69, 9.17) is 4.74 Å². The lowest BCUT2D eigenvalue weighted by Gasteiger charge is -2.07. The van der Waals surface area contributed by atoms with Crippen LogP contribution in [0.2, 0.25) is 0 Å². The molecule has 0 aliphatic heterocycles. The van der Waals surface area contributed by atoms with E-state index in [1.165, 1.54) is 30.5 Å². The maximum Gasteiger partial charge on any atom is 0.205 e. The second-order valence-electron chi connectivity index (χ2n) is 5.36. The first kappa shape index (κ1) is 16.5. The average Bonchev–Trinajstić information content (AvgIpc) is 3.03. The zero-order valence-corrected chi connectivity index (χ0v) is 13.5. The van der Waals surface area contributed by atoms with Crippen molar-refractivity contribution in [2.45, 2.75) is 6.92 Å². The lowest BCUT2D eigenvalue weighted by molar-refractivity contribution is 0.104. The molecule has 1 aromatic heterocycles. The largest absolute Gasteiger partial charge is 0.493 e. The lowest BCUT2D eigenvalue weighted by Crippen LogP contribution is -2.02. The molecule has 124 valence electrons. The molecule has 3 rings (SSSR count). The Morgan fingerprint density at radius 3 is 2.88 bits per heavy atom. The van der Waals surface area contributed by atoms with Gasteiger partial charge in [0.05, 0.1) is 6.61 Å². The van der Waals surface area contributed by atoms with Gasteiger partial charge < -0.3 is 9.72 Å². The molecule has 0 radical (unpaired) electrons. The van der Waals surface area contributed by atoms with E-state index in [1.807, 2.05) is 25.1 Å². The maximum atomic E-state index is 13.3. The molecule has 3 aromatic rings. The number of allylic oxidation sites excluding steroid dienone is 1. The van der Waals surface area contributed by atoms with Crippen LogP contribution in [0.5, 0.6) is 5.75 Å². The minimum atomic E-state index is -0.424. The molecule has 5 heteroatoms. The first-order chi connectivity index (χ1) is 12.1. The molecule has 25 heavy (non-hydrogen) atoms. The van der Waals surface area contributed by atoms with Crippen molar-refractivity contribution in [3.8, 4) is 11.8 Å². The number of para-hydroxylation sites is 1. The third kappa shape index (κ3) is 3.29. The van der Waals surface area contributed by atoms with Gasteiger partial charge in [-0.2, -0.15) is 5.26 Å². The van der Waals surface area contributed by atoms with Gasteiger partial charge in [0, 0.05) is 28.2 Å². The number of aromatic nitrogens is 1. The normalized spacial score (nSPS) is 11.3. The Hall–Kier alpha value is -3.39. The number of carbonyl (C=O) groups is 1. The third-order valence-electron chi connectivity index (χ3n) is 3.77. The monoisotopic (exact) mass is 334 g/mol. The second-order valence-corrected chi connectivity index (χ2v) is 5.36. The predicted octanol–water partition coefficient (Wildman–Crippen LogP) is 4.50. The zero-order valence-electron chi connectivity index (χ0n) is 13.5. The Kier molecular flexibility index (Phi) is 4.62. The molecular weight excluding hydrogens is 319 g/mol. The molecule has 0 amide bonds. The predicted molar refractivity (Wildman–Crippen MR) is 93.8 cm³/mol. The van der Waals surface area contributed by atoms with Crippen LogP contribution in [0.3, 0.4) is 0 Å². The molecule has 0 spiro atoms. The van der Waals surface area contributed by atoms with E-state index in [9.17, 15) is 14.4 Å². The number of nitrogens with one attached hydrogen (secondary N) is 1. The van der Waals surface area contributed by atoms with Gasteiger partial charge in [-0.1, -0.05) is 18.2 Å². The first-order valence-electron chi connectivity index (χ1n) is 7.79. The topological polar surface area (TPSA) is 65.9 Å². The number of ketones is 1. The number of rotatable bonds is 5. The summed E-state index contributed by atoms with van der Waals surface area (Å²) in [5.41, 5.74) is 1.48. The van der Waals surface area contributed by atoms with Gasteiger partial charge in [0.15, 0.2) is 0 Å². The van der Waals surface area contributed by atoms with Crippen molar-refractivity contribution in [2.24, 2.45) is 0 Å². The fourth-order valence-electron chi connectivity index (χ4n) is 2.62. The van der Waals surface area contributed by atoms with Crippen molar-refractivity contribution in [2.75, 3.05) is 6.61 Å². The summed E-state index contributed by atoms with van der Waals surface area (Å²) in [4.78, 5) is 15.6. The van der Waals surface area contributed by atoms with Crippen molar-refractivity contribution in [1.82, 2.24) is 4.98 Å². The van der Waals surface area contributed by atoms with Crippen LogP contribution in [0.15, 0.2) is 54.2 Å². The van der Waals surface area contributed by atoms with Gasteiger partial charge in [-0.3, -0.25) is 4.79 Å². The summed E-state index contributed by atoms with van der Waals surface area (Å²) < 4.78 is 18.8. The highest BCUT2D eigenvalue weighted by Crippen LogP contribution is 2.25. The highest BCUT2D eigenvalue weighted by molar-refractivity contribution is 6.19. The van der Waals surface area contributed by atoms with Crippen LogP contribution in [-0.2, 0) is 0 Å². The molecule has 0 bridgehead atoms. The molecule has 0 saturated heterocycles. The smallest absolute Gasteiger partial charge is 0.205 e. The molecule has 0 fully saturated rings. The molecule has 0 saturated carbocycles. The summed E-state index contributed by atoms with van der Waals surface area (Å²) in [5, 5.41) is 10.0. The molecule has 0 unspecified atom stereocenters. The highest BCUT2D eigenvalue weighted by Gasteiger charge is 2.17. The Labute approximate surface area is 144 Å². The van der Waals surface area contributed by atoms with Crippen LogP contribution < -0.4 is 4.74 Å². The van der Waals surface area contributed by atoms with Crippen molar-refractivity contribution >= 4 is 22.8 Å². The van der Waals surface area contributed by atoms with Gasteiger partial charge in [0.1, 0.15) is 23.2 Å². The van der Waals surface area contributed by atoms with E-state index < -0.39 is 11.6 Å². The SMILES string of the molecule is CCOc1ccccc1/C=C(/C#N)C(=O)c1c[nH]c2cc(F)ccc12. The summed E-state index contributed by atoms with van der Waals surface area (Å²) >= 11 is 0. The number of fused-ring (bicyclic) bond motifs is 1. The molecule has 1 N–H and O–H groups in total. The van der Waals surface area contributed by atoms with E-state index in [1.54, 1.807) is 12.1 Å². The van der Waals surface area contributed by atoms with Crippen LogP contribution in [0.4, 0.5) is 4.39 Å². The second kappa shape index (κ2) is 7.02. The number of Topliss-reactive ketones (excluding diaryl/α,β-unsaturated/α-hetero) is 1. The lowest BCUT2D eigenvalue weighted by atomic mass is 10.0. The van der Waals surface area contributed by atoms with Gasteiger partial charge in [-0.05, 0) is 37.3 Å². The molecular formula is C20H15FN2O2. The van der Waals surface area contributed by atoms with Gasteiger partial charge in [0.2, 0.25) is 5.78 Å². The zero-order chi connectivity index (χ0) is 17.8. The van der Waals surface area contributed by atoms with E-state index in [0.29, 0.717) is 34.4 Å². The molecule has 4 nitrogen and oxygen atoms in total. The highest BCUT2D eigenvalue weighted by atomic mass is 19.1. The van der Waals surface area contributed by atoms with Crippen molar-refractivity contribution in [3.63, 3.8) is 0 Å². The number of nitriles is 1. The number of aromatic amines is 1. The van der Waals surface area contributed by atoms with Crippen LogP contribution in [0, 0.1) is 17.1 Å². The van der Waals surface area contributed by atoms with Gasteiger partial charge in [0.25, 0.3) is 0 Å². The Balaban J connectivity index is 2.03. The minimum absolute atomic E-state index is 0.0163. The molecule has 0 atom stereocenters. The quantitative estimate of drug-likeness (QED) is 0.424. The van der Waals surface area contributed by atoms with Gasteiger partial charge in [-0.15, -0.1) is 0 Å². The van der Waals surface area contributed by atoms with Crippen molar-refractivity contribution in [3.05, 3.63) is 71.2 Å². The first-order valence-corrected chi connectivity index (χ1v) is 7.79. The summed E-state index contributed by atoms with van der Waals surface area (Å²) in [6, 6.07) is 13.3. The fourth-order valence-corrected chi connectivity index (χ4v) is 2.62. The molecule has 1 heterocycles. The standard InChI is InChI=1S/C20H15FN2O2/c1-2-25-19-6-4-3-5-13(19)9-14(11-22)20(24)17-12-23-18-10-15(21)7-8-16(17)18/h3-10,12,23H,2H2,1H3/b14-9-. The molecule has 0 aliphatic rings. The van der Waals surface area contributed by atoms with E-state index in [0.717, 1.165) is 0 Å². The van der Waals surface area contributed by atoms with Gasteiger partial charge in [-0.25, -0.2) is 4.39 Å².